The third kappa shape index (κ3) is 59.4. The van der Waals surface area contributed by atoms with Crippen molar-refractivity contribution in [2.45, 2.75) is 257 Å². The van der Waals surface area contributed by atoms with E-state index in [1.165, 1.54) is 100 Å². The highest BCUT2D eigenvalue weighted by Gasteiger charge is 2.21. The van der Waals surface area contributed by atoms with E-state index in [0.717, 1.165) is 96.7 Å². The Morgan fingerprint density at radius 1 is 0.291 bits per heavy atom. The van der Waals surface area contributed by atoms with E-state index in [1.54, 1.807) is 0 Å². The second kappa shape index (κ2) is 65.7. The van der Waals surface area contributed by atoms with Gasteiger partial charge in [0.05, 0.1) is 26.4 Å². The van der Waals surface area contributed by atoms with Gasteiger partial charge in [0, 0.05) is 51.9 Å². The van der Waals surface area contributed by atoms with Gasteiger partial charge in [0.25, 0.3) is 0 Å². The van der Waals surface area contributed by atoms with Crippen LogP contribution < -0.4 is 0 Å². The fourth-order valence-electron chi connectivity index (χ4n) is 9.69. The number of carbonyl (C=O) groups is 6. The Morgan fingerprint density at radius 2 is 0.535 bits per heavy atom. The van der Waals surface area contributed by atoms with Gasteiger partial charge in [-0.05, 0) is 164 Å². The lowest BCUT2D eigenvalue weighted by molar-refractivity contribution is -0.145. The van der Waals surface area contributed by atoms with Crippen molar-refractivity contribution in [2.24, 2.45) is 0 Å². The van der Waals surface area contributed by atoms with Crippen LogP contribution in [0.25, 0.3) is 0 Å². The Hall–Kier alpha value is -2.26. The van der Waals surface area contributed by atoms with Gasteiger partial charge in [0.2, 0.25) is 0 Å². The summed E-state index contributed by atoms with van der Waals surface area (Å²) in [5, 5.41) is 0. The van der Waals surface area contributed by atoms with E-state index in [2.05, 4.69) is 48.7 Å². The molecule has 0 aromatic carbocycles. The fraction of sp³-hybridized carbons (Fsp3) is 0.909. The van der Waals surface area contributed by atoms with E-state index >= 15 is 0 Å². The number of ether oxygens (including phenoxy) is 8. The second-order valence-electron chi connectivity index (χ2n) is 22.5. The SMILES string of the molecule is CCN(CC)CCN(CCOC(=O)OC(CCCC(=O)OCCCCCCCCSC)CCCC(=O)OCCCCCCCCSC)CCOC(=O)OC(CCCC(=O)OCCCCCCCCSC)CCCC(=O)OCCCCCCCCSC. The zero-order valence-corrected chi connectivity index (χ0v) is 58.4. The minimum absolute atomic E-state index is 0.0203. The zero-order chi connectivity index (χ0) is 63.0. The molecular weight excluding hydrogens is 1170 g/mol. The number of hydrogen-bond donors (Lipinski definition) is 0. The van der Waals surface area contributed by atoms with Gasteiger partial charge in [-0.2, -0.15) is 47.0 Å². The number of hydrogen-bond acceptors (Lipinski definition) is 20. The van der Waals surface area contributed by atoms with Gasteiger partial charge >= 0.3 is 36.2 Å². The van der Waals surface area contributed by atoms with Gasteiger partial charge in [-0.25, -0.2) is 9.59 Å². The quantitative estimate of drug-likeness (QED) is 0.0318. The fourth-order valence-corrected chi connectivity index (χ4v) is 11.7. The van der Waals surface area contributed by atoms with Gasteiger partial charge in [-0.15, -0.1) is 0 Å². The van der Waals surface area contributed by atoms with Crippen LogP contribution in [0.2, 0.25) is 0 Å². The van der Waals surface area contributed by atoms with Crippen molar-refractivity contribution in [3.8, 4) is 0 Å². The molecule has 0 heterocycles. The molecule has 0 radical (unpaired) electrons. The lowest BCUT2D eigenvalue weighted by Crippen LogP contribution is -2.39. The van der Waals surface area contributed by atoms with Gasteiger partial charge in [-0.1, -0.05) is 117 Å². The molecule has 0 aliphatic heterocycles. The van der Waals surface area contributed by atoms with Crippen molar-refractivity contribution < 1.29 is 66.7 Å². The average Bonchev–Trinajstić information content (AvgIpc) is 3.51. The first-order chi connectivity index (χ1) is 42.0. The predicted molar refractivity (Wildman–Crippen MR) is 360 cm³/mol. The number of likely N-dealkylation sites (N-methyl/N-ethyl adjacent to an activating group) is 1. The Bertz CT molecular complexity index is 1400. The standard InChI is InChI=1S/C66H124N2O14S4/c1-7-67(8-2)45-46-68(47-53-79-65(73)81-59(37-33-41-61(69)75-49-25-17-9-13-21-29-55-83-3)38-34-42-62(70)76-50-26-18-10-14-22-30-56-84-4)48-54-80-66(74)82-60(39-35-43-63(71)77-51-27-19-11-15-23-31-57-85-5)40-36-44-64(72)78-52-28-20-12-16-24-32-58-86-6/h59-60H,7-58H2,1-6H3. The second-order valence-corrected chi connectivity index (χ2v) is 26.4. The van der Waals surface area contributed by atoms with Gasteiger partial charge in [0.15, 0.2) is 0 Å². The normalized spacial score (nSPS) is 11.4. The first-order valence-electron chi connectivity index (χ1n) is 33.7. The summed E-state index contributed by atoms with van der Waals surface area (Å²) in [4.78, 5) is 81.4. The topological polar surface area (TPSA) is 183 Å². The summed E-state index contributed by atoms with van der Waals surface area (Å²) in [5.41, 5.74) is 0. The summed E-state index contributed by atoms with van der Waals surface area (Å²) < 4.78 is 45.0. The Kier molecular flexibility index (Phi) is 64.0. The van der Waals surface area contributed by atoms with Crippen molar-refractivity contribution in [1.82, 2.24) is 9.80 Å². The number of carbonyl (C=O) groups excluding carboxylic acids is 6. The average molecular weight is 1300 g/mol. The monoisotopic (exact) mass is 1300 g/mol. The number of esters is 4. The van der Waals surface area contributed by atoms with Crippen LogP contribution in [0, 0.1) is 0 Å². The van der Waals surface area contributed by atoms with Crippen molar-refractivity contribution in [1.29, 1.82) is 0 Å². The summed E-state index contributed by atoms with van der Waals surface area (Å²) in [7, 11) is 0. The minimum atomic E-state index is -0.830. The first-order valence-corrected chi connectivity index (χ1v) is 39.3. The van der Waals surface area contributed by atoms with Crippen LogP contribution in [0.15, 0.2) is 0 Å². The Labute approximate surface area is 540 Å². The molecular formula is C66H124N2O14S4. The Morgan fingerprint density at radius 3 is 0.791 bits per heavy atom. The van der Waals surface area contributed by atoms with Crippen molar-refractivity contribution >= 4 is 83.2 Å². The molecule has 0 N–H and O–H groups in total. The Balaban J connectivity index is 5.46. The number of thioether (sulfide) groups is 4. The third-order valence-electron chi connectivity index (χ3n) is 15.1. The highest BCUT2D eigenvalue weighted by atomic mass is 32.2. The van der Waals surface area contributed by atoms with Crippen LogP contribution in [0.3, 0.4) is 0 Å². The molecule has 0 atom stereocenters. The largest absolute Gasteiger partial charge is 0.508 e. The lowest BCUT2D eigenvalue weighted by Gasteiger charge is -2.26. The smallest absolute Gasteiger partial charge is 0.466 e. The van der Waals surface area contributed by atoms with E-state index in [-0.39, 0.29) is 62.8 Å². The molecule has 0 aromatic rings. The molecule has 0 saturated heterocycles. The van der Waals surface area contributed by atoms with Crippen molar-refractivity contribution in [2.75, 3.05) is 127 Å². The number of rotatable bonds is 65. The maximum Gasteiger partial charge on any atom is 0.508 e. The molecule has 86 heavy (non-hydrogen) atoms. The summed E-state index contributed by atoms with van der Waals surface area (Å²) in [6.45, 7) is 9.62. The van der Waals surface area contributed by atoms with Crippen LogP contribution in [-0.4, -0.2) is 185 Å². The summed E-state index contributed by atoms with van der Waals surface area (Å²) in [6, 6.07) is 0. The summed E-state index contributed by atoms with van der Waals surface area (Å²) >= 11 is 7.51. The first kappa shape index (κ1) is 83.7. The van der Waals surface area contributed by atoms with Crippen molar-refractivity contribution in [3.05, 3.63) is 0 Å². The van der Waals surface area contributed by atoms with E-state index in [4.69, 9.17) is 37.9 Å². The molecule has 0 rings (SSSR count). The molecule has 0 saturated carbocycles. The van der Waals surface area contributed by atoms with Crippen molar-refractivity contribution in [3.63, 3.8) is 0 Å². The number of nitrogens with zero attached hydrogens (tertiary/aromatic N) is 2. The predicted octanol–water partition coefficient (Wildman–Crippen LogP) is 16.3. The highest BCUT2D eigenvalue weighted by Crippen LogP contribution is 2.19. The molecule has 0 aliphatic rings. The van der Waals surface area contributed by atoms with Crippen LogP contribution >= 0.6 is 47.0 Å². The minimum Gasteiger partial charge on any atom is -0.466 e. The maximum atomic E-state index is 13.3. The van der Waals surface area contributed by atoms with Gasteiger partial charge in [-0.3, -0.25) is 24.1 Å². The molecule has 0 unspecified atom stereocenters. The highest BCUT2D eigenvalue weighted by molar-refractivity contribution is 7.99. The molecule has 0 aromatic heterocycles. The maximum absolute atomic E-state index is 13.3. The summed E-state index contributed by atoms with van der Waals surface area (Å²) in [5.74, 6) is 3.70. The molecule has 0 fully saturated rings. The van der Waals surface area contributed by atoms with Crippen LogP contribution in [-0.2, 0) is 57.1 Å². The summed E-state index contributed by atoms with van der Waals surface area (Å²) in [6.07, 6.45) is 36.7. The van der Waals surface area contributed by atoms with Crippen LogP contribution in [0.4, 0.5) is 9.59 Å². The zero-order valence-electron chi connectivity index (χ0n) is 55.2. The number of unbranched alkanes of at least 4 members (excludes halogenated alkanes) is 20. The van der Waals surface area contributed by atoms with E-state index in [9.17, 15) is 28.8 Å². The lowest BCUT2D eigenvalue weighted by atomic mass is 10.1. The van der Waals surface area contributed by atoms with Crippen LogP contribution in [0.1, 0.15) is 245 Å². The van der Waals surface area contributed by atoms with Gasteiger partial charge < -0.3 is 42.8 Å². The third-order valence-corrected chi connectivity index (χ3v) is 17.8. The molecule has 0 aliphatic carbocycles. The molecule has 0 bridgehead atoms. The van der Waals surface area contributed by atoms with Crippen LogP contribution in [0.5, 0.6) is 0 Å². The van der Waals surface area contributed by atoms with E-state index in [0.29, 0.717) is 97.4 Å². The van der Waals surface area contributed by atoms with E-state index < -0.39 is 24.5 Å². The molecule has 20 heteroatoms. The van der Waals surface area contributed by atoms with Gasteiger partial charge in [0.1, 0.15) is 25.4 Å². The molecule has 0 spiro atoms. The molecule has 506 valence electrons. The molecule has 16 nitrogen and oxygen atoms in total. The van der Waals surface area contributed by atoms with E-state index in [1.807, 2.05) is 47.0 Å². The molecule has 0 amide bonds.